The largest absolute Gasteiger partial charge is 0.369 e. The number of rotatable bonds is 4. The molecule has 0 radical (unpaired) electrons. The molecule has 1 aromatic carbocycles. The minimum Gasteiger partial charge on any atom is -0.369 e. The topological polar surface area (TPSA) is 47.1 Å². The summed E-state index contributed by atoms with van der Waals surface area (Å²) < 4.78 is 3.18. The standard InChI is InChI=1S/C15H21BrN4/c1-19(12-4-2-3-5-12)8-9-20-14-10-11(16)6-7-13(14)18-15(20)17/h6-7,10,12H,2-5,8-9H2,1H3,(H2,17,18). The van der Waals surface area contributed by atoms with Crippen molar-refractivity contribution in [3.63, 3.8) is 0 Å². The highest BCUT2D eigenvalue weighted by Crippen LogP contribution is 2.24. The number of hydrogen-bond acceptors (Lipinski definition) is 3. The van der Waals surface area contributed by atoms with Gasteiger partial charge in [-0.3, -0.25) is 0 Å². The molecule has 1 aliphatic rings. The van der Waals surface area contributed by atoms with E-state index in [1.54, 1.807) is 0 Å². The molecule has 1 heterocycles. The maximum atomic E-state index is 6.06. The SMILES string of the molecule is CN(CCn1c(N)nc2ccc(Br)cc21)C1CCCC1. The van der Waals surface area contributed by atoms with Gasteiger partial charge in [0.1, 0.15) is 0 Å². The van der Waals surface area contributed by atoms with E-state index < -0.39 is 0 Å². The van der Waals surface area contributed by atoms with Crippen molar-refractivity contribution >= 4 is 32.9 Å². The number of benzene rings is 1. The van der Waals surface area contributed by atoms with Gasteiger partial charge in [-0.1, -0.05) is 28.8 Å². The molecule has 2 N–H and O–H groups in total. The fraction of sp³-hybridized carbons (Fsp3) is 0.533. The lowest BCUT2D eigenvalue weighted by molar-refractivity contribution is 0.238. The number of hydrogen-bond donors (Lipinski definition) is 1. The number of nitrogens with zero attached hydrogens (tertiary/aromatic N) is 3. The third kappa shape index (κ3) is 2.69. The summed E-state index contributed by atoms with van der Waals surface area (Å²) >= 11 is 3.52. The Hall–Kier alpha value is -1.07. The maximum absolute atomic E-state index is 6.06. The summed E-state index contributed by atoms with van der Waals surface area (Å²) in [5.74, 6) is 0.609. The van der Waals surface area contributed by atoms with Crippen LogP contribution in [0.15, 0.2) is 22.7 Å². The molecule has 0 amide bonds. The third-order valence-corrected chi connectivity index (χ3v) is 4.86. The second kappa shape index (κ2) is 5.74. The van der Waals surface area contributed by atoms with Gasteiger partial charge in [0, 0.05) is 23.6 Å². The lowest BCUT2D eigenvalue weighted by Gasteiger charge is -2.24. The molecule has 0 aliphatic heterocycles. The molecule has 1 aliphatic carbocycles. The van der Waals surface area contributed by atoms with Crippen LogP contribution in [0.3, 0.4) is 0 Å². The Morgan fingerprint density at radius 1 is 1.40 bits per heavy atom. The molecule has 5 heteroatoms. The molecule has 3 rings (SSSR count). The van der Waals surface area contributed by atoms with Crippen LogP contribution in [0.1, 0.15) is 25.7 Å². The summed E-state index contributed by atoms with van der Waals surface area (Å²) in [5.41, 5.74) is 8.14. The first kappa shape index (κ1) is 13.9. The van der Waals surface area contributed by atoms with E-state index in [4.69, 9.17) is 5.73 Å². The molecule has 0 atom stereocenters. The Labute approximate surface area is 128 Å². The molecular weight excluding hydrogens is 316 g/mol. The van der Waals surface area contributed by atoms with E-state index in [1.165, 1.54) is 25.7 Å². The summed E-state index contributed by atoms with van der Waals surface area (Å²) in [7, 11) is 2.22. The smallest absolute Gasteiger partial charge is 0.201 e. The van der Waals surface area contributed by atoms with Crippen LogP contribution in [0.2, 0.25) is 0 Å². The van der Waals surface area contributed by atoms with E-state index in [0.717, 1.165) is 34.6 Å². The van der Waals surface area contributed by atoms with Crippen LogP contribution >= 0.6 is 15.9 Å². The zero-order valence-electron chi connectivity index (χ0n) is 11.8. The van der Waals surface area contributed by atoms with E-state index in [0.29, 0.717) is 5.95 Å². The van der Waals surface area contributed by atoms with E-state index in [2.05, 4.69) is 43.5 Å². The van der Waals surface area contributed by atoms with Crippen molar-refractivity contribution in [2.45, 2.75) is 38.3 Å². The fourth-order valence-corrected chi connectivity index (χ4v) is 3.48. The lowest BCUT2D eigenvalue weighted by Crippen LogP contribution is -2.32. The summed E-state index contributed by atoms with van der Waals surface area (Å²) in [6.45, 7) is 1.92. The van der Waals surface area contributed by atoms with Crippen molar-refractivity contribution in [3.05, 3.63) is 22.7 Å². The average molecular weight is 337 g/mol. The highest BCUT2D eigenvalue weighted by molar-refractivity contribution is 9.10. The van der Waals surface area contributed by atoms with Gasteiger partial charge in [-0.25, -0.2) is 4.98 Å². The monoisotopic (exact) mass is 336 g/mol. The van der Waals surface area contributed by atoms with Gasteiger partial charge in [0.25, 0.3) is 0 Å². The number of likely N-dealkylation sites (N-methyl/N-ethyl adjacent to an activating group) is 1. The quantitative estimate of drug-likeness (QED) is 0.932. The Bertz CT molecular complexity index is 601. The van der Waals surface area contributed by atoms with Crippen molar-refractivity contribution in [3.8, 4) is 0 Å². The lowest BCUT2D eigenvalue weighted by atomic mass is 10.2. The number of fused-ring (bicyclic) bond motifs is 1. The molecule has 0 saturated heterocycles. The number of aromatic nitrogens is 2. The van der Waals surface area contributed by atoms with Gasteiger partial charge in [0.05, 0.1) is 11.0 Å². The number of nitrogen functional groups attached to an aromatic ring is 1. The highest BCUT2D eigenvalue weighted by Gasteiger charge is 2.19. The average Bonchev–Trinajstić information content (AvgIpc) is 3.04. The van der Waals surface area contributed by atoms with Crippen LogP contribution in [0.25, 0.3) is 11.0 Å². The second-order valence-electron chi connectivity index (χ2n) is 5.67. The van der Waals surface area contributed by atoms with Crippen LogP contribution in [0.5, 0.6) is 0 Å². The molecule has 0 unspecified atom stereocenters. The number of anilines is 1. The van der Waals surface area contributed by atoms with Crippen LogP contribution in [-0.2, 0) is 6.54 Å². The van der Waals surface area contributed by atoms with Crippen LogP contribution in [0, 0.1) is 0 Å². The number of nitrogens with two attached hydrogens (primary N) is 1. The van der Waals surface area contributed by atoms with Crippen molar-refractivity contribution in [1.29, 1.82) is 0 Å². The number of imidazole rings is 1. The van der Waals surface area contributed by atoms with Crippen molar-refractivity contribution in [2.75, 3.05) is 19.3 Å². The molecule has 0 bridgehead atoms. The Balaban J connectivity index is 1.76. The van der Waals surface area contributed by atoms with E-state index in [-0.39, 0.29) is 0 Å². The van der Waals surface area contributed by atoms with Gasteiger partial charge in [-0.15, -0.1) is 0 Å². The normalized spacial score (nSPS) is 16.6. The van der Waals surface area contributed by atoms with E-state index >= 15 is 0 Å². The summed E-state index contributed by atoms with van der Waals surface area (Å²) in [6.07, 6.45) is 5.42. The first-order valence-electron chi connectivity index (χ1n) is 7.26. The molecule has 1 fully saturated rings. The summed E-state index contributed by atoms with van der Waals surface area (Å²) in [6, 6.07) is 6.85. The minimum atomic E-state index is 0.609. The molecule has 108 valence electrons. The van der Waals surface area contributed by atoms with Gasteiger partial charge in [0.15, 0.2) is 0 Å². The summed E-state index contributed by atoms with van der Waals surface area (Å²) in [4.78, 5) is 6.90. The first-order chi connectivity index (χ1) is 9.65. The maximum Gasteiger partial charge on any atom is 0.201 e. The summed E-state index contributed by atoms with van der Waals surface area (Å²) in [5, 5.41) is 0. The zero-order chi connectivity index (χ0) is 14.1. The van der Waals surface area contributed by atoms with Crippen molar-refractivity contribution < 1.29 is 0 Å². The molecule has 4 nitrogen and oxygen atoms in total. The van der Waals surface area contributed by atoms with Crippen molar-refractivity contribution in [1.82, 2.24) is 14.5 Å². The Kier molecular flexibility index (Phi) is 3.98. The predicted octanol–water partition coefficient (Wildman–Crippen LogP) is 3.26. The fourth-order valence-electron chi connectivity index (χ4n) is 3.13. The number of halogens is 1. The minimum absolute atomic E-state index is 0.609. The molecule has 0 spiro atoms. The van der Waals surface area contributed by atoms with Crippen molar-refractivity contribution in [2.24, 2.45) is 0 Å². The molecule has 1 aromatic heterocycles. The van der Waals surface area contributed by atoms with Gasteiger partial charge < -0.3 is 15.2 Å². The highest BCUT2D eigenvalue weighted by atomic mass is 79.9. The molecule has 2 aromatic rings. The first-order valence-corrected chi connectivity index (χ1v) is 8.06. The Morgan fingerprint density at radius 2 is 2.15 bits per heavy atom. The van der Waals surface area contributed by atoms with Crippen LogP contribution < -0.4 is 5.73 Å². The van der Waals surface area contributed by atoms with E-state index in [1.807, 2.05) is 12.1 Å². The second-order valence-corrected chi connectivity index (χ2v) is 6.59. The van der Waals surface area contributed by atoms with E-state index in [9.17, 15) is 0 Å². The van der Waals surface area contributed by atoms with Gasteiger partial charge in [-0.2, -0.15) is 0 Å². The van der Waals surface area contributed by atoms with Crippen LogP contribution in [0.4, 0.5) is 5.95 Å². The third-order valence-electron chi connectivity index (χ3n) is 4.36. The Morgan fingerprint density at radius 3 is 2.90 bits per heavy atom. The molecule has 20 heavy (non-hydrogen) atoms. The zero-order valence-corrected chi connectivity index (χ0v) is 13.4. The molecule has 1 saturated carbocycles. The molecular formula is C15H21BrN4. The van der Waals surface area contributed by atoms with Gasteiger partial charge in [-0.05, 0) is 38.1 Å². The van der Waals surface area contributed by atoms with Gasteiger partial charge >= 0.3 is 0 Å². The van der Waals surface area contributed by atoms with Crippen LogP contribution in [-0.4, -0.2) is 34.1 Å². The van der Waals surface area contributed by atoms with Gasteiger partial charge in [0.2, 0.25) is 5.95 Å². The predicted molar refractivity (Wildman–Crippen MR) is 86.7 cm³/mol.